The number of carbonyl (C=O) groups excluding carboxylic acids is 1. The van der Waals surface area contributed by atoms with Crippen molar-refractivity contribution in [1.29, 1.82) is 0 Å². The fourth-order valence-electron chi connectivity index (χ4n) is 3.53. The summed E-state index contributed by atoms with van der Waals surface area (Å²) < 4.78 is 15.2. The molecule has 0 unspecified atom stereocenters. The third-order valence-corrected chi connectivity index (χ3v) is 4.77. The molecule has 0 atom stereocenters. The summed E-state index contributed by atoms with van der Waals surface area (Å²) in [6, 6.07) is 2.38. The molecule has 3 aromatic heterocycles. The Balaban J connectivity index is 0.00000132. The quantitative estimate of drug-likeness (QED) is 0.675. The Morgan fingerprint density at radius 3 is 2.61 bits per heavy atom. The average molecular weight is 429 g/mol. The van der Waals surface area contributed by atoms with Gasteiger partial charge in [-0.2, -0.15) is 10.1 Å². The molecular formula is C22H32N6O3. The van der Waals surface area contributed by atoms with Gasteiger partial charge in [0.15, 0.2) is 0 Å². The van der Waals surface area contributed by atoms with Gasteiger partial charge in [0.25, 0.3) is 0 Å². The number of aromatic nitrogens is 5. The Bertz CT molecular complexity index is 1040. The summed E-state index contributed by atoms with van der Waals surface area (Å²) in [6.07, 6.45) is 8.13. The number of amides is 1. The van der Waals surface area contributed by atoms with Crippen LogP contribution >= 0.6 is 0 Å². The molecule has 31 heavy (non-hydrogen) atoms. The number of imidazole rings is 1. The summed E-state index contributed by atoms with van der Waals surface area (Å²) in [5.74, 6) is 0. The number of nitrogens with zero attached hydrogens (tertiary/aromatic N) is 5. The lowest BCUT2D eigenvalue weighted by molar-refractivity contribution is -0.0265. The maximum atomic E-state index is 12.0. The average Bonchev–Trinajstić information content (AvgIpc) is 3.29. The molecule has 168 valence electrons. The van der Waals surface area contributed by atoms with E-state index in [9.17, 15) is 4.79 Å². The zero-order chi connectivity index (χ0) is 22.8. The monoisotopic (exact) mass is 428 g/mol. The lowest BCUT2D eigenvalue weighted by Gasteiger charge is -2.44. The number of alkyl carbamates (subject to hydrolysis) is 1. The van der Waals surface area contributed by atoms with E-state index >= 15 is 0 Å². The molecule has 0 aliphatic heterocycles. The minimum atomic E-state index is -0.517. The minimum absolute atomic E-state index is 0.00892. The van der Waals surface area contributed by atoms with E-state index in [4.69, 9.17) is 14.5 Å². The van der Waals surface area contributed by atoms with Gasteiger partial charge in [-0.05, 0) is 27.7 Å². The van der Waals surface area contributed by atoms with Crippen molar-refractivity contribution in [3.8, 4) is 17.3 Å². The highest BCUT2D eigenvalue weighted by molar-refractivity contribution is 5.68. The highest BCUT2D eigenvalue weighted by Gasteiger charge is 2.44. The van der Waals surface area contributed by atoms with Gasteiger partial charge in [-0.3, -0.25) is 9.08 Å². The number of nitrogens with one attached hydrogen (secondary N) is 1. The lowest BCUT2D eigenvalue weighted by Crippen LogP contribution is -2.57. The predicted octanol–water partition coefficient (Wildman–Crippen LogP) is 3.98. The van der Waals surface area contributed by atoms with Gasteiger partial charge in [-0.25, -0.2) is 9.78 Å². The van der Waals surface area contributed by atoms with E-state index in [1.165, 1.54) is 0 Å². The van der Waals surface area contributed by atoms with Crippen LogP contribution < -0.4 is 10.1 Å². The molecule has 3 heterocycles. The summed E-state index contributed by atoms with van der Waals surface area (Å²) in [7, 11) is 1.86. The fraction of sp³-hybridized carbons (Fsp3) is 0.545. The van der Waals surface area contributed by atoms with Gasteiger partial charge in [0.2, 0.25) is 0 Å². The van der Waals surface area contributed by atoms with Gasteiger partial charge < -0.3 is 14.8 Å². The summed E-state index contributed by atoms with van der Waals surface area (Å²) in [6.45, 7) is 11.6. The van der Waals surface area contributed by atoms with Crippen molar-refractivity contribution in [1.82, 2.24) is 29.5 Å². The number of fused-ring (bicyclic) bond motifs is 1. The Morgan fingerprint density at radius 1 is 1.29 bits per heavy atom. The second-order valence-corrected chi connectivity index (χ2v) is 8.79. The van der Waals surface area contributed by atoms with E-state index < -0.39 is 17.3 Å². The molecule has 1 aliphatic rings. The summed E-state index contributed by atoms with van der Waals surface area (Å²) in [5.41, 5.74) is 1.44. The largest absolute Gasteiger partial charge is 0.458 e. The molecule has 4 rings (SSSR count). The molecular weight excluding hydrogens is 396 g/mol. The van der Waals surface area contributed by atoms with E-state index in [-0.39, 0.29) is 6.04 Å². The van der Waals surface area contributed by atoms with Crippen LogP contribution in [-0.2, 0) is 11.8 Å². The molecule has 1 amide bonds. The predicted molar refractivity (Wildman–Crippen MR) is 118 cm³/mol. The molecule has 1 saturated carbocycles. The van der Waals surface area contributed by atoms with E-state index in [1.54, 1.807) is 17.1 Å². The molecule has 0 aromatic carbocycles. The third-order valence-electron chi connectivity index (χ3n) is 4.77. The number of hydrogen-bond acceptors (Lipinski definition) is 6. The minimum Gasteiger partial charge on any atom is -0.458 e. The van der Waals surface area contributed by atoms with Crippen molar-refractivity contribution in [2.24, 2.45) is 7.05 Å². The first-order valence-corrected chi connectivity index (χ1v) is 10.6. The zero-order valence-electron chi connectivity index (χ0n) is 19.3. The first-order chi connectivity index (χ1) is 14.6. The maximum Gasteiger partial charge on any atom is 0.407 e. The highest BCUT2D eigenvalue weighted by atomic mass is 16.6. The van der Waals surface area contributed by atoms with Gasteiger partial charge in [-0.1, -0.05) is 13.8 Å². The van der Waals surface area contributed by atoms with E-state index in [0.717, 1.165) is 16.9 Å². The number of hydrogen-bond donors (Lipinski definition) is 1. The number of rotatable bonds is 4. The van der Waals surface area contributed by atoms with Gasteiger partial charge in [0, 0.05) is 56.2 Å². The molecule has 3 aromatic rings. The number of carbonyl (C=O) groups is 1. The molecule has 1 fully saturated rings. The van der Waals surface area contributed by atoms with Crippen molar-refractivity contribution < 1.29 is 14.3 Å². The lowest BCUT2D eigenvalue weighted by atomic mass is 9.77. The van der Waals surface area contributed by atoms with Crippen LogP contribution in [-0.4, -0.2) is 47.5 Å². The summed E-state index contributed by atoms with van der Waals surface area (Å²) in [4.78, 5) is 21.0. The third kappa shape index (κ3) is 5.34. The fourth-order valence-corrected chi connectivity index (χ4v) is 3.53. The van der Waals surface area contributed by atoms with Gasteiger partial charge in [-0.15, -0.1) is 0 Å². The van der Waals surface area contributed by atoms with Crippen LogP contribution in [0.25, 0.3) is 16.9 Å². The van der Waals surface area contributed by atoms with Crippen LogP contribution in [0.3, 0.4) is 0 Å². The second-order valence-electron chi connectivity index (χ2n) is 8.79. The van der Waals surface area contributed by atoms with Gasteiger partial charge >= 0.3 is 12.1 Å². The smallest absolute Gasteiger partial charge is 0.407 e. The van der Waals surface area contributed by atoms with E-state index in [2.05, 4.69) is 15.4 Å². The van der Waals surface area contributed by atoms with Crippen LogP contribution in [0, 0.1) is 0 Å². The first kappa shape index (κ1) is 22.6. The molecule has 9 heteroatoms. The number of ether oxygens (including phenoxy) is 2. The molecule has 0 spiro atoms. The number of aryl methyl sites for hydroxylation is 1. The molecule has 9 nitrogen and oxygen atoms in total. The maximum absolute atomic E-state index is 12.0. The Morgan fingerprint density at radius 2 is 2.00 bits per heavy atom. The summed E-state index contributed by atoms with van der Waals surface area (Å²) >= 11 is 0. The van der Waals surface area contributed by atoms with Crippen LogP contribution in [0.5, 0.6) is 6.01 Å². The van der Waals surface area contributed by atoms with Crippen LogP contribution in [0.15, 0.2) is 30.9 Å². The topological polar surface area (TPSA) is 95.6 Å². The van der Waals surface area contributed by atoms with Crippen molar-refractivity contribution in [3.63, 3.8) is 0 Å². The van der Waals surface area contributed by atoms with Crippen LogP contribution in [0.1, 0.15) is 54.4 Å². The molecule has 1 aliphatic carbocycles. The summed E-state index contributed by atoms with van der Waals surface area (Å²) in [5, 5.41) is 7.11. The molecule has 0 bridgehead atoms. The zero-order valence-corrected chi connectivity index (χ0v) is 19.3. The molecule has 1 N–H and O–H groups in total. The molecule has 0 saturated heterocycles. The van der Waals surface area contributed by atoms with Crippen LogP contribution in [0.2, 0.25) is 0 Å². The highest BCUT2D eigenvalue weighted by Crippen LogP contribution is 2.37. The van der Waals surface area contributed by atoms with E-state index in [0.29, 0.717) is 18.9 Å². The SMILES string of the molecule is CC.Cn1cc(-c2cc3nccn3c(OC3(C)CC(NC(=O)OC(C)(C)C)C3)n2)cn1. The normalized spacial score (nSPS) is 20.4. The van der Waals surface area contributed by atoms with Crippen molar-refractivity contribution in [2.75, 3.05) is 0 Å². The Hall–Kier alpha value is -3.10. The molecule has 0 radical (unpaired) electrons. The van der Waals surface area contributed by atoms with Crippen molar-refractivity contribution in [3.05, 3.63) is 30.9 Å². The van der Waals surface area contributed by atoms with Crippen LogP contribution in [0.4, 0.5) is 4.79 Å². The van der Waals surface area contributed by atoms with Gasteiger partial charge in [0.05, 0.1) is 11.9 Å². The van der Waals surface area contributed by atoms with Crippen molar-refractivity contribution >= 4 is 11.7 Å². The van der Waals surface area contributed by atoms with E-state index in [1.807, 2.05) is 71.5 Å². The standard InChI is InChI=1S/C20H26N6O3.C2H6/c1-19(2,3)29-18(27)23-14-9-20(4,10-14)28-17-24-15(13-11-22-25(5)12-13)8-16-21-6-7-26(16)17;1-2/h6-8,11-12,14H,9-10H2,1-5H3,(H,23,27);1-2H3. The first-order valence-electron chi connectivity index (χ1n) is 10.6. The van der Waals surface area contributed by atoms with Crippen molar-refractivity contribution in [2.45, 2.75) is 71.6 Å². The Labute approximate surface area is 182 Å². The second kappa shape index (κ2) is 8.56. The van der Waals surface area contributed by atoms with Gasteiger partial charge in [0.1, 0.15) is 16.8 Å². The Kier molecular flexibility index (Phi) is 6.24.